The zero-order valence-electron chi connectivity index (χ0n) is 19.0. The number of nitriles is 1. The average molecular weight is 517 g/mol. The number of hydrogen-bond donors (Lipinski definition) is 3. The van der Waals surface area contributed by atoms with E-state index in [4.69, 9.17) is 9.44 Å². The predicted molar refractivity (Wildman–Crippen MR) is 128 cm³/mol. The van der Waals surface area contributed by atoms with Gasteiger partial charge in [0.25, 0.3) is 0 Å². The SMILES string of the molecule is CNS(=O)(=O)O[C@@H]1C[C@H](Nc2ncncc2C(=O)c2cc(Cn3ccc(C#N)c3)c(C)s2)C[C@@H]1O. The van der Waals surface area contributed by atoms with Crippen molar-refractivity contribution in [2.75, 3.05) is 12.4 Å². The first-order valence-corrected chi connectivity index (χ1v) is 13.0. The summed E-state index contributed by atoms with van der Waals surface area (Å²) in [5.74, 6) is 0.0535. The van der Waals surface area contributed by atoms with Crippen LogP contribution in [0.5, 0.6) is 0 Å². The van der Waals surface area contributed by atoms with E-state index in [1.165, 1.54) is 30.9 Å². The van der Waals surface area contributed by atoms with E-state index < -0.39 is 22.5 Å². The van der Waals surface area contributed by atoms with Crippen LogP contribution in [0, 0.1) is 18.3 Å². The van der Waals surface area contributed by atoms with Gasteiger partial charge in [0.05, 0.1) is 22.1 Å². The van der Waals surface area contributed by atoms with Crippen LogP contribution < -0.4 is 10.0 Å². The van der Waals surface area contributed by atoms with Crippen LogP contribution in [0.25, 0.3) is 0 Å². The Labute approximate surface area is 206 Å². The van der Waals surface area contributed by atoms with Gasteiger partial charge in [-0.15, -0.1) is 11.3 Å². The fourth-order valence-electron chi connectivity index (χ4n) is 3.94. The molecule has 1 fully saturated rings. The van der Waals surface area contributed by atoms with Crippen LogP contribution in [0.4, 0.5) is 5.82 Å². The maximum Gasteiger partial charge on any atom is 0.335 e. The number of thiophene rings is 1. The van der Waals surface area contributed by atoms with Gasteiger partial charge in [-0.1, -0.05) is 0 Å². The Balaban J connectivity index is 1.49. The fraction of sp³-hybridized carbons (Fsp3) is 0.364. The van der Waals surface area contributed by atoms with Gasteiger partial charge in [0, 0.05) is 43.1 Å². The van der Waals surface area contributed by atoms with Crippen LogP contribution in [-0.2, 0) is 21.0 Å². The standard InChI is InChI=1S/C22H24N6O5S2/c1-13-15(11-28-4-3-14(8-23)10-28)5-20(34-13)21(30)17-9-25-12-26-22(17)27-16-6-18(29)19(7-16)33-35(31,32)24-2/h3-5,9-10,12,16,18-19,24,29H,6-7,11H2,1-2H3,(H,25,26,27)/t16-,18+,19-/m1/s1. The van der Waals surface area contributed by atoms with Gasteiger partial charge >= 0.3 is 10.3 Å². The van der Waals surface area contributed by atoms with Gasteiger partial charge in [-0.25, -0.2) is 9.97 Å². The molecule has 13 heteroatoms. The molecule has 3 N–H and O–H groups in total. The Morgan fingerprint density at radius 1 is 1.43 bits per heavy atom. The molecule has 4 rings (SSSR count). The zero-order valence-corrected chi connectivity index (χ0v) is 20.6. The zero-order chi connectivity index (χ0) is 25.2. The molecule has 35 heavy (non-hydrogen) atoms. The highest BCUT2D eigenvalue weighted by atomic mass is 32.2. The second kappa shape index (κ2) is 10.2. The molecule has 3 aromatic rings. The fourth-order valence-corrected chi connectivity index (χ4v) is 5.55. The number of aromatic nitrogens is 3. The first-order chi connectivity index (χ1) is 16.7. The van der Waals surface area contributed by atoms with E-state index in [-0.39, 0.29) is 30.2 Å². The van der Waals surface area contributed by atoms with E-state index in [1.807, 2.05) is 23.8 Å². The molecule has 0 aliphatic heterocycles. The lowest BCUT2D eigenvalue weighted by molar-refractivity contribution is 0.0636. The van der Waals surface area contributed by atoms with E-state index in [0.29, 0.717) is 22.8 Å². The van der Waals surface area contributed by atoms with E-state index in [1.54, 1.807) is 12.3 Å². The third kappa shape index (κ3) is 5.75. The third-order valence-corrected chi connectivity index (χ3v) is 7.84. The maximum atomic E-state index is 13.3. The quantitative estimate of drug-likeness (QED) is 0.359. The number of anilines is 1. The smallest absolute Gasteiger partial charge is 0.335 e. The summed E-state index contributed by atoms with van der Waals surface area (Å²) < 4.78 is 32.3. The molecule has 1 aliphatic carbocycles. The molecule has 0 radical (unpaired) electrons. The monoisotopic (exact) mass is 516 g/mol. The molecular formula is C22H24N6O5S2. The molecule has 0 aromatic carbocycles. The molecule has 0 unspecified atom stereocenters. The van der Waals surface area contributed by atoms with Crippen LogP contribution in [-0.4, -0.2) is 59.1 Å². The number of aliphatic hydroxyl groups excluding tert-OH is 1. The molecule has 0 amide bonds. The minimum atomic E-state index is -3.95. The van der Waals surface area contributed by atoms with E-state index >= 15 is 0 Å². The van der Waals surface area contributed by atoms with Crippen molar-refractivity contribution in [2.45, 2.75) is 44.6 Å². The summed E-state index contributed by atoms with van der Waals surface area (Å²) >= 11 is 1.37. The van der Waals surface area contributed by atoms with Crippen molar-refractivity contribution >= 4 is 33.2 Å². The molecule has 0 saturated heterocycles. The number of ketones is 1. The topological polar surface area (TPSA) is 159 Å². The van der Waals surface area contributed by atoms with Crippen molar-refractivity contribution in [1.82, 2.24) is 19.3 Å². The van der Waals surface area contributed by atoms with Crippen molar-refractivity contribution in [1.29, 1.82) is 5.26 Å². The molecular weight excluding hydrogens is 492 g/mol. The third-order valence-electron chi connectivity index (χ3n) is 5.75. The molecule has 184 valence electrons. The lowest BCUT2D eigenvalue weighted by Crippen LogP contribution is -2.31. The van der Waals surface area contributed by atoms with Gasteiger partial charge in [0.1, 0.15) is 24.3 Å². The predicted octanol–water partition coefficient (Wildman–Crippen LogP) is 1.58. The Kier molecular flexibility index (Phi) is 7.29. The van der Waals surface area contributed by atoms with Crippen molar-refractivity contribution in [2.24, 2.45) is 0 Å². The second-order valence-corrected chi connectivity index (χ2v) is 10.9. The molecule has 0 bridgehead atoms. The Morgan fingerprint density at radius 2 is 2.23 bits per heavy atom. The molecule has 11 nitrogen and oxygen atoms in total. The summed E-state index contributed by atoms with van der Waals surface area (Å²) in [4.78, 5) is 23.1. The number of aliphatic hydroxyl groups is 1. The summed E-state index contributed by atoms with van der Waals surface area (Å²) in [6, 6.07) is 5.31. The summed E-state index contributed by atoms with van der Waals surface area (Å²) in [6.07, 6.45) is 4.85. The minimum Gasteiger partial charge on any atom is -0.390 e. The van der Waals surface area contributed by atoms with Gasteiger partial charge in [-0.05, 0) is 37.5 Å². The van der Waals surface area contributed by atoms with Gasteiger partial charge in [-0.2, -0.15) is 18.4 Å². The summed E-state index contributed by atoms with van der Waals surface area (Å²) in [7, 11) is -2.72. The number of rotatable bonds is 9. The highest BCUT2D eigenvalue weighted by molar-refractivity contribution is 7.84. The van der Waals surface area contributed by atoms with Crippen LogP contribution in [0.1, 0.15) is 44.1 Å². The molecule has 3 aromatic heterocycles. The molecule has 1 aliphatic rings. The minimum absolute atomic E-state index is 0.212. The van der Waals surface area contributed by atoms with E-state index in [0.717, 1.165) is 10.4 Å². The van der Waals surface area contributed by atoms with Crippen LogP contribution in [0.2, 0.25) is 0 Å². The lowest BCUT2D eigenvalue weighted by Gasteiger charge is -2.15. The number of carbonyl (C=O) groups is 1. The van der Waals surface area contributed by atoms with E-state index in [2.05, 4.69) is 26.1 Å². The average Bonchev–Trinajstić information content (AvgIpc) is 3.53. The van der Waals surface area contributed by atoms with Crippen molar-refractivity contribution in [3.8, 4) is 6.07 Å². The van der Waals surface area contributed by atoms with Gasteiger partial charge in [0.15, 0.2) is 0 Å². The number of nitrogens with zero attached hydrogens (tertiary/aromatic N) is 4. The van der Waals surface area contributed by atoms with Gasteiger partial charge in [-0.3, -0.25) is 8.98 Å². The first-order valence-electron chi connectivity index (χ1n) is 10.8. The van der Waals surface area contributed by atoms with E-state index in [9.17, 15) is 18.3 Å². The molecule has 3 heterocycles. The number of carbonyl (C=O) groups excluding carboxylic acids is 1. The second-order valence-electron chi connectivity index (χ2n) is 8.16. The number of nitrogens with one attached hydrogen (secondary N) is 2. The summed E-state index contributed by atoms with van der Waals surface area (Å²) in [5, 5.41) is 22.4. The largest absolute Gasteiger partial charge is 0.390 e. The van der Waals surface area contributed by atoms with Gasteiger partial charge in [0.2, 0.25) is 5.78 Å². The van der Waals surface area contributed by atoms with Crippen LogP contribution in [0.3, 0.4) is 0 Å². The van der Waals surface area contributed by atoms with Crippen molar-refractivity contribution in [3.63, 3.8) is 0 Å². The highest BCUT2D eigenvalue weighted by Crippen LogP contribution is 2.30. The Hall–Kier alpha value is -3.15. The van der Waals surface area contributed by atoms with Crippen LogP contribution >= 0.6 is 11.3 Å². The maximum absolute atomic E-state index is 13.3. The highest BCUT2D eigenvalue weighted by Gasteiger charge is 2.37. The van der Waals surface area contributed by atoms with Gasteiger partial charge < -0.3 is 15.0 Å². The molecule has 3 atom stereocenters. The number of hydrogen-bond acceptors (Lipinski definition) is 10. The molecule has 1 saturated carbocycles. The lowest BCUT2D eigenvalue weighted by atomic mass is 10.1. The summed E-state index contributed by atoms with van der Waals surface area (Å²) in [6.45, 7) is 2.47. The van der Waals surface area contributed by atoms with Crippen molar-refractivity contribution in [3.05, 3.63) is 63.5 Å². The Bertz CT molecular complexity index is 1380. The number of aryl methyl sites for hydroxylation is 1. The first kappa shape index (κ1) is 25.0. The molecule has 0 spiro atoms. The summed E-state index contributed by atoms with van der Waals surface area (Å²) in [5.41, 5.74) is 1.81. The Morgan fingerprint density at radius 3 is 2.94 bits per heavy atom. The van der Waals surface area contributed by atoms with Crippen molar-refractivity contribution < 1.29 is 22.5 Å². The normalized spacial score (nSPS) is 20.0. The van der Waals surface area contributed by atoms with Crippen LogP contribution in [0.15, 0.2) is 37.1 Å².